The minimum Gasteiger partial charge on any atom is -0.468 e. The smallest absolute Gasteiger partial charge is 0.325 e. The number of benzene rings is 1. The lowest BCUT2D eigenvalue weighted by atomic mass is 9.81. The molecule has 25 heavy (non-hydrogen) atoms. The minimum atomic E-state index is -1.87. The molecule has 0 aromatic heterocycles. The Morgan fingerprint density at radius 3 is 2.08 bits per heavy atom. The highest BCUT2D eigenvalue weighted by atomic mass is 16.5. The van der Waals surface area contributed by atoms with Gasteiger partial charge in [-0.1, -0.05) is 42.2 Å². The summed E-state index contributed by atoms with van der Waals surface area (Å²) in [5, 5.41) is 10.5. The van der Waals surface area contributed by atoms with E-state index in [1.54, 1.807) is 30.3 Å². The number of carbonyl (C=O) groups is 2. The van der Waals surface area contributed by atoms with E-state index in [2.05, 4.69) is 33.2 Å². The van der Waals surface area contributed by atoms with Crippen LogP contribution >= 0.6 is 0 Å². The van der Waals surface area contributed by atoms with Gasteiger partial charge in [-0.05, 0) is 5.92 Å². The van der Waals surface area contributed by atoms with Gasteiger partial charge in [-0.15, -0.1) is 18.8 Å². The topological polar surface area (TPSA) is 72.8 Å². The number of terminal acetylenes is 2. The van der Waals surface area contributed by atoms with Gasteiger partial charge in [0.05, 0.1) is 14.2 Å². The first-order valence-corrected chi connectivity index (χ1v) is 7.26. The fourth-order valence-electron chi connectivity index (χ4n) is 2.19. The van der Waals surface area contributed by atoms with Crippen LogP contribution in [0.4, 0.5) is 0 Å². The summed E-state index contributed by atoms with van der Waals surface area (Å²) in [5.41, 5.74) is -3.25. The summed E-state index contributed by atoms with van der Waals surface area (Å²) in [7, 11) is 2.26. The predicted octanol–water partition coefficient (Wildman–Crippen LogP) is 1.26. The first-order valence-electron chi connectivity index (χ1n) is 7.26. The third-order valence-corrected chi connectivity index (χ3v) is 3.62. The van der Waals surface area contributed by atoms with Crippen molar-refractivity contribution in [2.24, 2.45) is 5.41 Å². The molecule has 1 rings (SSSR count). The number of rotatable bonds is 5. The number of hydrogen-bond acceptors (Lipinski definition) is 5. The zero-order valence-corrected chi connectivity index (χ0v) is 14.0. The molecule has 1 aromatic rings. The number of carbonyl (C=O) groups excluding carboxylic acids is 2. The second-order valence-electron chi connectivity index (χ2n) is 5.15. The van der Waals surface area contributed by atoms with E-state index in [1.165, 1.54) is 0 Å². The molecule has 1 aromatic carbocycles. The van der Waals surface area contributed by atoms with Crippen LogP contribution in [0.15, 0.2) is 30.3 Å². The van der Waals surface area contributed by atoms with Crippen LogP contribution in [0.5, 0.6) is 0 Å². The largest absolute Gasteiger partial charge is 0.468 e. The lowest BCUT2D eigenvalue weighted by Crippen LogP contribution is -2.41. The first kappa shape index (κ1) is 19.8. The lowest BCUT2D eigenvalue weighted by Gasteiger charge is -2.24. The molecule has 0 amide bonds. The van der Waals surface area contributed by atoms with E-state index in [4.69, 9.17) is 12.8 Å². The van der Waals surface area contributed by atoms with Gasteiger partial charge in [0.15, 0.2) is 5.41 Å². The van der Waals surface area contributed by atoms with Gasteiger partial charge in [-0.2, -0.15) is 0 Å². The zero-order valence-electron chi connectivity index (χ0n) is 14.0. The van der Waals surface area contributed by atoms with E-state index in [9.17, 15) is 14.7 Å². The lowest BCUT2D eigenvalue weighted by molar-refractivity contribution is -0.168. The SMILES string of the molecule is C#CCC(CC#CC(O)(C#C)c1ccccc1)(C(=O)OC)C(=O)OC. The molecule has 0 aliphatic rings. The Morgan fingerprint density at radius 2 is 1.64 bits per heavy atom. The summed E-state index contributed by atoms with van der Waals surface area (Å²) in [6, 6.07) is 8.39. The van der Waals surface area contributed by atoms with Crippen molar-refractivity contribution in [1.82, 2.24) is 0 Å². The Bertz CT molecular complexity index is 754. The molecule has 0 saturated heterocycles. The Hall–Kier alpha value is -3.20. The zero-order chi connectivity index (χ0) is 18.9. The molecule has 5 heteroatoms. The summed E-state index contributed by atoms with van der Waals surface area (Å²) < 4.78 is 9.36. The molecule has 128 valence electrons. The van der Waals surface area contributed by atoms with E-state index in [-0.39, 0.29) is 12.8 Å². The molecule has 0 aliphatic carbocycles. The van der Waals surface area contributed by atoms with Crippen molar-refractivity contribution in [3.63, 3.8) is 0 Å². The van der Waals surface area contributed by atoms with Crippen molar-refractivity contribution < 1.29 is 24.2 Å². The van der Waals surface area contributed by atoms with Crippen LogP contribution in [0.2, 0.25) is 0 Å². The Kier molecular flexibility index (Phi) is 6.82. The third kappa shape index (κ3) is 4.21. The van der Waals surface area contributed by atoms with Gasteiger partial charge in [-0.3, -0.25) is 9.59 Å². The van der Waals surface area contributed by atoms with Gasteiger partial charge in [0.25, 0.3) is 0 Å². The maximum absolute atomic E-state index is 12.1. The molecule has 1 N–H and O–H groups in total. The summed E-state index contributed by atoms with van der Waals surface area (Å²) in [4.78, 5) is 24.3. The van der Waals surface area contributed by atoms with Crippen molar-refractivity contribution in [2.75, 3.05) is 14.2 Å². The summed E-state index contributed by atoms with van der Waals surface area (Å²) in [6.07, 6.45) is 10.1. The van der Waals surface area contributed by atoms with Crippen molar-refractivity contribution >= 4 is 11.9 Å². The van der Waals surface area contributed by atoms with Gasteiger partial charge in [0.1, 0.15) is 0 Å². The highest BCUT2D eigenvalue weighted by Crippen LogP contribution is 2.30. The van der Waals surface area contributed by atoms with Crippen LogP contribution in [0.1, 0.15) is 18.4 Å². The van der Waals surface area contributed by atoms with Crippen LogP contribution < -0.4 is 0 Å². The minimum absolute atomic E-state index is 0.263. The average molecular weight is 338 g/mol. The molecule has 1 unspecified atom stereocenters. The Morgan fingerprint density at radius 1 is 1.08 bits per heavy atom. The normalized spacial score (nSPS) is 12.4. The summed E-state index contributed by atoms with van der Waals surface area (Å²) in [6.45, 7) is 0. The maximum Gasteiger partial charge on any atom is 0.325 e. The van der Waals surface area contributed by atoms with Crippen molar-refractivity contribution in [1.29, 1.82) is 0 Å². The van der Waals surface area contributed by atoms with E-state index in [1.807, 2.05) is 0 Å². The Balaban J connectivity index is 3.27. The van der Waals surface area contributed by atoms with Crippen molar-refractivity contribution in [3.05, 3.63) is 35.9 Å². The van der Waals surface area contributed by atoms with Crippen LogP contribution in [-0.4, -0.2) is 31.3 Å². The number of methoxy groups -OCH3 is 2. The second kappa shape index (κ2) is 8.60. The number of ether oxygens (including phenoxy) is 2. The molecule has 0 radical (unpaired) electrons. The van der Waals surface area contributed by atoms with E-state index in [0.29, 0.717) is 5.56 Å². The molecule has 0 heterocycles. The van der Waals surface area contributed by atoms with E-state index in [0.717, 1.165) is 14.2 Å². The molecule has 0 bridgehead atoms. The second-order valence-corrected chi connectivity index (χ2v) is 5.15. The van der Waals surface area contributed by atoms with Crippen molar-refractivity contribution in [3.8, 4) is 36.5 Å². The molecular formula is C20H18O5. The third-order valence-electron chi connectivity index (χ3n) is 3.62. The highest BCUT2D eigenvalue weighted by Gasteiger charge is 2.47. The van der Waals surface area contributed by atoms with Gasteiger partial charge in [0, 0.05) is 18.4 Å². The van der Waals surface area contributed by atoms with E-state index < -0.39 is 23.0 Å². The fourth-order valence-corrected chi connectivity index (χ4v) is 2.19. The van der Waals surface area contributed by atoms with Gasteiger partial charge in [-0.25, -0.2) is 0 Å². The van der Waals surface area contributed by atoms with Crippen LogP contribution in [0, 0.1) is 41.9 Å². The summed E-state index contributed by atoms with van der Waals surface area (Å²) in [5.74, 6) is 7.85. The van der Waals surface area contributed by atoms with Gasteiger partial charge < -0.3 is 14.6 Å². The fraction of sp³-hybridized carbons (Fsp3) is 0.300. The monoisotopic (exact) mass is 338 g/mol. The van der Waals surface area contributed by atoms with Crippen LogP contribution in [-0.2, 0) is 24.7 Å². The quantitative estimate of drug-likeness (QED) is 0.497. The molecule has 0 fully saturated rings. The number of hydrogen-bond donors (Lipinski definition) is 1. The molecule has 1 atom stereocenters. The molecule has 0 aliphatic heterocycles. The molecule has 0 spiro atoms. The number of aliphatic hydroxyl groups is 1. The maximum atomic E-state index is 12.1. The standard InChI is InChI=1S/C20H18O5/c1-5-13-19(17(21)24-3,18(22)25-4)14-10-15-20(23,6-2)16-11-8-7-9-12-16/h1-2,7-9,11-12,23H,13-14H2,3-4H3. The van der Waals surface area contributed by atoms with Crippen LogP contribution in [0.25, 0.3) is 0 Å². The van der Waals surface area contributed by atoms with E-state index >= 15 is 0 Å². The predicted molar refractivity (Wildman–Crippen MR) is 91.5 cm³/mol. The molecular weight excluding hydrogens is 320 g/mol. The summed E-state index contributed by atoms with van der Waals surface area (Å²) >= 11 is 0. The first-order chi connectivity index (χ1) is 11.9. The number of esters is 2. The van der Waals surface area contributed by atoms with Gasteiger partial charge >= 0.3 is 11.9 Å². The highest BCUT2D eigenvalue weighted by molar-refractivity contribution is 6.00. The Labute approximate surface area is 147 Å². The van der Waals surface area contributed by atoms with Gasteiger partial charge in [0.2, 0.25) is 5.60 Å². The van der Waals surface area contributed by atoms with Crippen molar-refractivity contribution in [2.45, 2.75) is 18.4 Å². The van der Waals surface area contributed by atoms with Crippen LogP contribution in [0.3, 0.4) is 0 Å². The molecule has 5 nitrogen and oxygen atoms in total. The molecule has 0 saturated carbocycles. The average Bonchev–Trinajstić information content (AvgIpc) is 2.66.